The maximum atomic E-state index is 11.3. The van der Waals surface area contributed by atoms with Gasteiger partial charge in [-0.05, 0) is 19.9 Å². The number of carbonyl (C=O) groups is 1. The quantitative estimate of drug-likeness (QED) is 0.531. The van der Waals surface area contributed by atoms with Crippen LogP contribution in [-0.2, 0) is 0 Å². The molecule has 4 nitrogen and oxygen atoms in total. The van der Waals surface area contributed by atoms with Gasteiger partial charge in [-0.1, -0.05) is 0 Å². The zero-order chi connectivity index (χ0) is 9.84. The SMILES string of the molecule is CC(C)NC(=O)c1cccc[n+]1[O-]. The lowest BCUT2D eigenvalue weighted by atomic mass is 10.3. The zero-order valence-corrected chi connectivity index (χ0v) is 7.65. The summed E-state index contributed by atoms with van der Waals surface area (Å²) in [6.45, 7) is 3.69. The molecule has 1 rings (SSSR count). The van der Waals surface area contributed by atoms with Gasteiger partial charge >= 0.3 is 5.91 Å². The smallest absolute Gasteiger partial charge is 0.317 e. The summed E-state index contributed by atoms with van der Waals surface area (Å²) in [7, 11) is 0. The average molecular weight is 180 g/mol. The van der Waals surface area contributed by atoms with E-state index in [1.165, 1.54) is 12.3 Å². The van der Waals surface area contributed by atoms with E-state index in [-0.39, 0.29) is 17.6 Å². The van der Waals surface area contributed by atoms with Gasteiger partial charge in [-0.25, -0.2) is 0 Å². The van der Waals surface area contributed by atoms with E-state index < -0.39 is 0 Å². The molecule has 0 aliphatic heterocycles. The summed E-state index contributed by atoms with van der Waals surface area (Å²) in [4.78, 5) is 11.3. The van der Waals surface area contributed by atoms with Gasteiger partial charge in [0.05, 0.1) is 0 Å². The van der Waals surface area contributed by atoms with Crippen molar-refractivity contribution in [3.63, 3.8) is 0 Å². The van der Waals surface area contributed by atoms with Crippen LogP contribution in [0.5, 0.6) is 0 Å². The minimum absolute atomic E-state index is 0.0349. The summed E-state index contributed by atoms with van der Waals surface area (Å²) in [5.41, 5.74) is 0.121. The number of carbonyl (C=O) groups excluding carboxylic acids is 1. The van der Waals surface area contributed by atoms with E-state index >= 15 is 0 Å². The Morgan fingerprint density at radius 2 is 2.23 bits per heavy atom. The molecule has 70 valence electrons. The van der Waals surface area contributed by atoms with Crippen LogP contribution in [0, 0.1) is 5.21 Å². The van der Waals surface area contributed by atoms with Crippen LogP contribution in [0.3, 0.4) is 0 Å². The minimum Gasteiger partial charge on any atom is -0.618 e. The van der Waals surface area contributed by atoms with Crippen molar-refractivity contribution in [1.82, 2.24) is 5.32 Å². The molecule has 0 atom stereocenters. The van der Waals surface area contributed by atoms with Crippen molar-refractivity contribution >= 4 is 5.91 Å². The van der Waals surface area contributed by atoms with Gasteiger partial charge in [-0.3, -0.25) is 4.79 Å². The van der Waals surface area contributed by atoms with E-state index in [2.05, 4.69) is 5.32 Å². The Bertz CT molecular complexity index is 310. The molecule has 1 aromatic rings. The molecule has 1 amide bonds. The Kier molecular flexibility index (Phi) is 2.84. The number of hydrogen-bond acceptors (Lipinski definition) is 2. The number of nitrogens with zero attached hydrogens (tertiary/aromatic N) is 1. The Hall–Kier alpha value is -1.58. The first-order valence-electron chi connectivity index (χ1n) is 4.10. The molecule has 0 saturated heterocycles. The minimum atomic E-state index is -0.342. The van der Waals surface area contributed by atoms with Crippen molar-refractivity contribution in [3.05, 3.63) is 35.3 Å². The molecule has 1 aromatic heterocycles. The van der Waals surface area contributed by atoms with Crippen molar-refractivity contribution in [1.29, 1.82) is 0 Å². The van der Waals surface area contributed by atoms with E-state index in [0.717, 1.165) is 0 Å². The Labute approximate surface area is 76.8 Å². The van der Waals surface area contributed by atoms with Gasteiger partial charge in [-0.15, -0.1) is 0 Å². The predicted octanol–water partition coefficient (Wildman–Crippen LogP) is 0.458. The van der Waals surface area contributed by atoms with E-state index in [0.29, 0.717) is 4.73 Å². The Morgan fingerprint density at radius 3 is 2.77 bits per heavy atom. The van der Waals surface area contributed by atoms with E-state index in [9.17, 15) is 10.0 Å². The van der Waals surface area contributed by atoms with E-state index in [1.54, 1.807) is 12.1 Å². The molecular weight excluding hydrogens is 168 g/mol. The molecular formula is C9H12N2O2. The van der Waals surface area contributed by atoms with Crippen molar-refractivity contribution in [2.75, 3.05) is 0 Å². The number of rotatable bonds is 2. The maximum absolute atomic E-state index is 11.3. The third-order valence-electron chi connectivity index (χ3n) is 1.48. The maximum Gasteiger partial charge on any atom is 0.317 e. The van der Waals surface area contributed by atoms with Crippen LogP contribution >= 0.6 is 0 Å². The van der Waals surface area contributed by atoms with E-state index in [1.807, 2.05) is 13.8 Å². The third-order valence-corrected chi connectivity index (χ3v) is 1.48. The van der Waals surface area contributed by atoms with Crippen LogP contribution in [0.15, 0.2) is 24.4 Å². The lowest BCUT2D eigenvalue weighted by molar-refractivity contribution is -0.607. The normalized spacial score (nSPS) is 10.1. The van der Waals surface area contributed by atoms with Crippen LogP contribution in [0.1, 0.15) is 24.3 Å². The van der Waals surface area contributed by atoms with Crippen LogP contribution in [0.2, 0.25) is 0 Å². The third kappa shape index (κ3) is 2.43. The first-order chi connectivity index (χ1) is 6.11. The lowest BCUT2D eigenvalue weighted by Gasteiger charge is -2.07. The molecule has 0 unspecified atom stereocenters. The number of aromatic nitrogens is 1. The van der Waals surface area contributed by atoms with Gasteiger partial charge in [0.15, 0.2) is 6.20 Å². The van der Waals surface area contributed by atoms with Gasteiger partial charge in [-0.2, -0.15) is 4.73 Å². The molecule has 0 aliphatic carbocycles. The second kappa shape index (κ2) is 3.89. The molecule has 13 heavy (non-hydrogen) atoms. The molecule has 0 aromatic carbocycles. The molecule has 4 heteroatoms. The Morgan fingerprint density at radius 1 is 1.54 bits per heavy atom. The first kappa shape index (κ1) is 9.51. The van der Waals surface area contributed by atoms with Crippen molar-refractivity contribution < 1.29 is 9.52 Å². The highest BCUT2D eigenvalue weighted by Gasteiger charge is 2.14. The number of hydrogen-bond donors (Lipinski definition) is 1. The standard InChI is InChI=1S/C9H12N2O2/c1-7(2)10-9(12)8-5-3-4-6-11(8)13/h3-7H,1-2H3,(H,10,12). The fraction of sp³-hybridized carbons (Fsp3) is 0.333. The lowest BCUT2D eigenvalue weighted by Crippen LogP contribution is -2.41. The molecule has 1 heterocycles. The zero-order valence-electron chi connectivity index (χ0n) is 7.65. The molecule has 0 aliphatic rings. The molecule has 0 bridgehead atoms. The molecule has 0 fully saturated rings. The molecule has 0 spiro atoms. The molecule has 0 radical (unpaired) electrons. The summed E-state index contributed by atoms with van der Waals surface area (Å²) in [5.74, 6) is -0.342. The van der Waals surface area contributed by atoms with Gasteiger partial charge in [0, 0.05) is 18.2 Å². The van der Waals surface area contributed by atoms with Crippen LogP contribution in [-0.4, -0.2) is 11.9 Å². The fourth-order valence-electron chi connectivity index (χ4n) is 0.940. The summed E-state index contributed by atoms with van der Waals surface area (Å²) in [5, 5.41) is 13.7. The van der Waals surface area contributed by atoms with Crippen LogP contribution < -0.4 is 10.0 Å². The summed E-state index contributed by atoms with van der Waals surface area (Å²) in [6, 6.07) is 4.76. The van der Waals surface area contributed by atoms with Crippen molar-refractivity contribution in [2.24, 2.45) is 0 Å². The summed E-state index contributed by atoms with van der Waals surface area (Å²) >= 11 is 0. The molecule has 0 saturated carbocycles. The second-order valence-corrected chi connectivity index (χ2v) is 3.04. The van der Waals surface area contributed by atoms with Gasteiger partial charge < -0.3 is 10.5 Å². The van der Waals surface area contributed by atoms with Crippen molar-refractivity contribution in [2.45, 2.75) is 19.9 Å². The highest BCUT2D eigenvalue weighted by atomic mass is 16.5. The first-order valence-corrected chi connectivity index (χ1v) is 4.10. The van der Waals surface area contributed by atoms with Crippen LogP contribution in [0.4, 0.5) is 0 Å². The topological polar surface area (TPSA) is 56.0 Å². The summed E-state index contributed by atoms with van der Waals surface area (Å²) < 4.78 is 0.553. The highest BCUT2D eigenvalue weighted by molar-refractivity contribution is 5.90. The number of amides is 1. The van der Waals surface area contributed by atoms with Crippen molar-refractivity contribution in [3.8, 4) is 0 Å². The fourth-order valence-corrected chi connectivity index (χ4v) is 0.940. The van der Waals surface area contributed by atoms with Gasteiger partial charge in [0.1, 0.15) is 0 Å². The molecule has 1 N–H and O–H groups in total. The van der Waals surface area contributed by atoms with Gasteiger partial charge in [0.25, 0.3) is 5.69 Å². The highest BCUT2D eigenvalue weighted by Crippen LogP contribution is 1.91. The predicted molar refractivity (Wildman–Crippen MR) is 48.0 cm³/mol. The second-order valence-electron chi connectivity index (χ2n) is 3.04. The largest absolute Gasteiger partial charge is 0.618 e. The Balaban J connectivity index is 2.83. The van der Waals surface area contributed by atoms with Crippen LogP contribution in [0.25, 0.3) is 0 Å². The number of pyridine rings is 1. The monoisotopic (exact) mass is 180 g/mol. The summed E-state index contributed by atoms with van der Waals surface area (Å²) in [6.07, 6.45) is 1.30. The average Bonchev–Trinajstić information content (AvgIpc) is 2.03. The number of nitrogens with one attached hydrogen (secondary N) is 1. The van der Waals surface area contributed by atoms with E-state index in [4.69, 9.17) is 0 Å². The van der Waals surface area contributed by atoms with Gasteiger partial charge in [0.2, 0.25) is 0 Å².